The van der Waals surface area contributed by atoms with Gasteiger partial charge in [0.2, 0.25) is 0 Å². The van der Waals surface area contributed by atoms with Crippen molar-refractivity contribution in [1.82, 2.24) is 0 Å². The average molecular weight is 551 g/mol. The second-order valence-electron chi connectivity index (χ2n) is 12.2. The molecule has 1 spiro atoms. The third kappa shape index (κ3) is 5.10. The summed E-state index contributed by atoms with van der Waals surface area (Å²) in [6, 6.07) is 0. The van der Waals surface area contributed by atoms with E-state index in [0.29, 0.717) is 37.7 Å². The van der Waals surface area contributed by atoms with E-state index in [9.17, 15) is 24.3 Å². The third-order valence-electron chi connectivity index (χ3n) is 10.0. The maximum Gasteiger partial charge on any atom is 0.331 e. The van der Waals surface area contributed by atoms with Crippen LogP contribution in [0.2, 0.25) is 0 Å². The SMILES string of the molecule is CC[C@@H](C)C(=O)O[C@@H](C[C@@]1(C)[C@H](C)C[C@H](OC(C)=O)[C@]2(COC(C)=O)[C@@H]1CC[C@@H](O)[C@]21CO1)C1=CC(=O)OC1. The first kappa shape index (κ1) is 29.5. The Kier molecular flexibility index (Phi) is 8.21. The summed E-state index contributed by atoms with van der Waals surface area (Å²) in [5, 5.41) is 11.2. The zero-order valence-corrected chi connectivity index (χ0v) is 23.8. The number of hydrogen-bond acceptors (Lipinski definition) is 10. The number of carbonyl (C=O) groups is 4. The van der Waals surface area contributed by atoms with Gasteiger partial charge in [0.15, 0.2) is 0 Å². The van der Waals surface area contributed by atoms with Crippen LogP contribution in [0.25, 0.3) is 0 Å². The van der Waals surface area contributed by atoms with E-state index >= 15 is 0 Å². The summed E-state index contributed by atoms with van der Waals surface area (Å²) >= 11 is 0. The molecule has 2 aliphatic heterocycles. The Morgan fingerprint density at radius 2 is 1.90 bits per heavy atom. The van der Waals surface area contributed by atoms with Crippen molar-refractivity contribution < 1.29 is 48.0 Å². The summed E-state index contributed by atoms with van der Waals surface area (Å²) in [5.74, 6) is -2.32. The van der Waals surface area contributed by atoms with Crippen LogP contribution in [0.15, 0.2) is 11.6 Å². The number of aliphatic hydroxyl groups excluding tert-OH is 1. The fourth-order valence-electron chi connectivity index (χ4n) is 7.40. The molecule has 4 rings (SSSR count). The predicted molar refractivity (Wildman–Crippen MR) is 137 cm³/mol. The molecule has 0 aromatic carbocycles. The minimum absolute atomic E-state index is 0.0215. The molecule has 10 nitrogen and oxygen atoms in total. The van der Waals surface area contributed by atoms with Gasteiger partial charge in [-0.3, -0.25) is 14.4 Å². The molecular weight excluding hydrogens is 508 g/mol. The standard InChI is InChI=1S/C29H42O10/c1-7-16(2)26(34)39-21(20-11-25(33)35-13-20)12-27(6)17(3)10-24(38-19(5)31)28(14-36-18(4)30)22(27)8-9-23(32)29(28)15-37-29/h11,16-17,21-24,32H,7-10,12-15H2,1-6H3/t16-,17-,21+,22-,23-,24+,27+,28+,29-/m1/s1. The summed E-state index contributed by atoms with van der Waals surface area (Å²) in [4.78, 5) is 49.3. The highest BCUT2D eigenvalue weighted by Gasteiger charge is 2.78. The minimum Gasteiger partial charge on any atom is -0.465 e. The van der Waals surface area contributed by atoms with Gasteiger partial charge in [-0.05, 0) is 49.4 Å². The Bertz CT molecular complexity index is 1030. The minimum atomic E-state index is -1.03. The fourth-order valence-corrected chi connectivity index (χ4v) is 7.40. The number of cyclic esters (lactones) is 1. The van der Waals surface area contributed by atoms with Crippen LogP contribution in [0.1, 0.15) is 73.6 Å². The van der Waals surface area contributed by atoms with Gasteiger partial charge < -0.3 is 28.8 Å². The van der Waals surface area contributed by atoms with Crippen molar-refractivity contribution in [3.8, 4) is 0 Å². The molecule has 218 valence electrons. The van der Waals surface area contributed by atoms with E-state index in [0.717, 1.165) is 0 Å². The second-order valence-corrected chi connectivity index (χ2v) is 12.2. The lowest BCUT2D eigenvalue weighted by molar-refractivity contribution is -0.248. The Labute approximate surface area is 229 Å². The maximum absolute atomic E-state index is 13.0. The number of rotatable bonds is 9. The first-order chi connectivity index (χ1) is 18.3. The van der Waals surface area contributed by atoms with Gasteiger partial charge in [0.1, 0.15) is 31.0 Å². The van der Waals surface area contributed by atoms with E-state index in [2.05, 4.69) is 13.8 Å². The topological polar surface area (TPSA) is 138 Å². The van der Waals surface area contributed by atoms with Crippen molar-refractivity contribution in [2.24, 2.45) is 28.6 Å². The lowest BCUT2D eigenvalue weighted by Gasteiger charge is -2.64. The number of aliphatic hydroxyl groups is 1. The molecule has 3 fully saturated rings. The summed E-state index contributed by atoms with van der Waals surface area (Å²) in [5.41, 5.74) is -1.97. The Balaban J connectivity index is 1.79. The molecule has 4 aliphatic rings. The summed E-state index contributed by atoms with van der Waals surface area (Å²) in [7, 11) is 0. The molecule has 0 bridgehead atoms. The molecule has 9 atom stereocenters. The summed E-state index contributed by atoms with van der Waals surface area (Å²) in [6.07, 6.45) is 1.68. The van der Waals surface area contributed by atoms with E-state index in [4.69, 9.17) is 23.7 Å². The first-order valence-electron chi connectivity index (χ1n) is 14.0. The number of ether oxygens (including phenoxy) is 5. The van der Waals surface area contributed by atoms with Crippen LogP contribution in [0.4, 0.5) is 0 Å². The molecule has 1 saturated heterocycles. The van der Waals surface area contributed by atoms with Crippen LogP contribution < -0.4 is 0 Å². The van der Waals surface area contributed by atoms with Crippen molar-refractivity contribution in [3.63, 3.8) is 0 Å². The normalized spacial score (nSPS) is 38.6. The Morgan fingerprint density at radius 1 is 1.21 bits per heavy atom. The van der Waals surface area contributed by atoms with Crippen molar-refractivity contribution in [1.29, 1.82) is 0 Å². The van der Waals surface area contributed by atoms with Gasteiger partial charge in [-0.2, -0.15) is 0 Å². The van der Waals surface area contributed by atoms with E-state index < -0.39 is 52.7 Å². The molecule has 0 aromatic heterocycles. The van der Waals surface area contributed by atoms with Crippen molar-refractivity contribution in [2.75, 3.05) is 19.8 Å². The van der Waals surface area contributed by atoms with Gasteiger partial charge in [-0.15, -0.1) is 0 Å². The van der Waals surface area contributed by atoms with Gasteiger partial charge >= 0.3 is 23.9 Å². The van der Waals surface area contributed by atoms with Crippen LogP contribution in [0.3, 0.4) is 0 Å². The molecule has 0 radical (unpaired) electrons. The van der Waals surface area contributed by atoms with Crippen molar-refractivity contribution in [2.45, 2.75) is 97.6 Å². The highest BCUT2D eigenvalue weighted by Crippen LogP contribution is 2.69. The van der Waals surface area contributed by atoms with Gasteiger partial charge in [0.05, 0.1) is 24.0 Å². The quantitative estimate of drug-likeness (QED) is 0.259. The molecule has 2 saturated carbocycles. The largest absolute Gasteiger partial charge is 0.465 e. The van der Waals surface area contributed by atoms with E-state index in [-0.39, 0.29) is 43.5 Å². The molecule has 39 heavy (non-hydrogen) atoms. The van der Waals surface area contributed by atoms with Crippen LogP contribution in [0.5, 0.6) is 0 Å². The maximum atomic E-state index is 13.0. The van der Waals surface area contributed by atoms with Gasteiger partial charge in [0, 0.05) is 25.5 Å². The monoisotopic (exact) mass is 550 g/mol. The Morgan fingerprint density at radius 3 is 2.44 bits per heavy atom. The number of hydrogen-bond donors (Lipinski definition) is 1. The van der Waals surface area contributed by atoms with Crippen LogP contribution >= 0.6 is 0 Å². The van der Waals surface area contributed by atoms with E-state index in [1.807, 2.05) is 6.92 Å². The third-order valence-corrected chi connectivity index (χ3v) is 10.0. The smallest absolute Gasteiger partial charge is 0.331 e. The predicted octanol–water partition coefficient (Wildman–Crippen LogP) is 2.88. The van der Waals surface area contributed by atoms with E-state index in [1.165, 1.54) is 19.9 Å². The highest BCUT2D eigenvalue weighted by atomic mass is 16.6. The highest BCUT2D eigenvalue weighted by molar-refractivity contribution is 5.85. The zero-order chi connectivity index (χ0) is 28.8. The number of epoxide rings is 1. The lowest BCUT2D eigenvalue weighted by Crippen LogP contribution is -2.70. The number of carbonyl (C=O) groups excluding carboxylic acids is 4. The van der Waals surface area contributed by atoms with Crippen molar-refractivity contribution in [3.05, 3.63) is 11.6 Å². The molecule has 1 N–H and O–H groups in total. The molecule has 0 unspecified atom stereocenters. The van der Waals surface area contributed by atoms with Gasteiger partial charge in [-0.25, -0.2) is 4.79 Å². The second kappa shape index (κ2) is 10.8. The zero-order valence-electron chi connectivity index (χ0n) is 23.8. The van der Waals surface area contributed by atoms with Crippen LogP contribution in [-0.2, 0) is 42.9 Å². The number of fused-ring (bicyclic) bond motifs is 2. The summed E-state index contributed by atoms with van der Waals surface area (Å²) in [6.45, 7) is 10.8. The lowest BCUT2D eigenvalue weighted by atomic mass is 9.42. The summed E-state index contributed by atoms with van der Waals surface area (Å²) < 4.78 is 28.8. The average Bonchev–Trinajstić information content (AvgIpc) is 3.56. The molecule has 2 heterocycles. The van der Waals surface area contributed by atoms with Gasteiger partial charge in [0.25, 0.3) is 0 Å². The first-order valence-corrected chi connectivity index (χ1v) is 14.0. The fraction of sp³-hybridized carbons (Fsp3) is 0.793. The Hall–Kier alpha value is -2.46. The number of esters is 4. The molecular formula is C29H42O10. The van der Waals surface area contributed by atoms with Crippen molar-refractivity contribution >= 4 is 23.9 Å². The van der Waals surface area contributed by atoms with Gasteiger partial charge in [-0.1, -0.05) is 27.7 Å². The molecule has 0 aromatic rings. The van der Waals surface area contributed by atoms with E-state index in [1.54, 1.807) is 6.92 Å². The van der Waals surface area contributed by atoms with Crippen LogP contribution in [-0.4, -0.2) is 72.7 Å². The van der Waals surface area contributed by atoms with Crippen LogP contribution in [0, 0.1) is 28.6 Å². The molecule has 0 amide bonds. The molecule has 10 heteroatoms. The molecule has 2 aliphatic carbocycles.